The zero-order valence-corrected chi connectivity index (χ0v) is 12.0. The number of anilines is 1. The molecule has 0 heterocycles. The molecule has 0 saturated carbocycles. The summed E-state index contributed by atoms with van der Waals surface area (Å²) in [6.45, 7) is 1.77. The Kier molecular flexibility index (Phi) is 4.58. The van der Waals surface area contributed by atoms with Gasteiger partial charge in [-0.3, -0.25) is 4.79 Å². The third-order valence-corrected chi connectivity index (χ3v) is 3.56. The Hall–Kier alpha value is -2.36. The minimum absolute atomic E-state index is 0.314. The van der Waals surface area contributed by atoms with Gasteiger partial charge in [0.1, 0.15) is 11.4 Å². The van der Waals surface area contributed by atoms with Crippen molar-refractivity contribution in [1.82, 2.24) is 0 Å². The van der Waals surface area contributed by atoms with Crippen LogP contribution in [0.25, 0.3) is 0 Å². The second-order valence-corrected chi connectivity index (χ2v) is 5.31. The minimum atomic E-state index is -0.881. The third kappa shape index (κ3) is 4.05. The first-order chi connectivity index (χ1) is 9.99. The molecule has 2 aromatic carbocycles. The molecule has 0 saturated heterocycles. The molecule has 0 aliphatic rings. The van der Waals surface area contributed by atoms with Crippen molar-refractivity contribution in [2.75, 3.05) is 5.32 Å². The molecule has 110 valence electrons. The lowest BCUT2D eigenvalue weighted by Crippen LogP contribution is -2.48. The van der Waals surface area contributed by atoms with Gasteiger partial charge in [-0.2, -0.15) is 0 Å². The van der Waals surface area contributed by atoms with Crippen LogP contribution in [0.1, 0.15) is 18.9 Å². The lowest BCUT2D eigenvalue weighted by Gasteiger charge is -2.28. The van der Waals surface area contributed by atoms with E-state index in [0.29, 0.717) is 12.1 Å². The van der Waals surface area contributed by atoms with Gasteiger partial charge in [0.05, 0.1) is 0 Å². The summed E-state index contributed by atoms with van der Waals surface area (Å²) in [5, 5.41) is 3.11. The normalized spacial score (nSPS) is 13.4. The first-order valence-corrected chi connectivity index (χ1v) is 6.87. The number of nitrogens with two attached hydrogens (primary N) is 1. The van der Waals surface area contributed by atoms with E-state index in [0.717, 1.165) is 12.0 Å². The zero-order valence-electron chi connectivity index (χ0n) is 12.0. The minimum Gasteiger partial charge on any atom is -0.371 e. The van der Waals surface area contributed by atoms with Crippen LogP contribution in [0.5, 0.6) is 0 Å². The fourth-order valence-corrected chi connectivity index (χ4v) is 2.14. The Balaban J connectivity index is 2.09. The highest BCUT2D eigenvalue weighted by Gasteiger charge is 2.30. The lowest BCUT2D eigenvalue weighted by molar-refractivity contribution is -0.122. The van der Waals surface area contributed by atoms with E-state index < -0.39 is 11.4 Å². The van der Waals surface area contributed by atoms with Crippen LogP contribution < -0.4 is 11.1 Å². The fraction of sp³-hybridized carbons (Fsp3) is 0.235. The average Bonchev–Trinajstić information content (AvgIpc) is 2.48. The number of primary amides is 1. The molecule has 1 amide bonds. The van der Waals surface area contributed by atoms with Gasteiger partial charge in [-0.05, 0) is 49.6 Å². The highest BCUT2D eigenvalue weighted by atomic mass is 19.1. The largest absolute Gasteiger partial charge is 0.371 e. The quantitative estimate of drug-likeness (QED) is 0.857. The molecule has 2 aromatic rings. The van der Waals surface area contributed by atoms with Crippen LogP contribution in [0.2, 0.25) is 0 Å². The Bertz CT molecular complexity index is 598. The van der Waals surface area contributed by atoms with E-state index >= 15 is 0 Å². The number of carbonyl (C=O) groups is 1. The highest BCUT2D eigenvalue weighted by Crippen LogP contribution is 2.21. The number of hydrogen-bond acceptors (Lipinski definition) is 2. The van der Waals surface area contributed by atoms with Crippen molar-refractivity contribution in [1.29, 1.82) is 0 Å². The second kappa shape index (κ2) is 6.39. The summed E-state index contributed by atoms with van der Waals surface area (Å²) in [5.41, 5.74) is 6.47. The predicted molar refractivity (Wildman–Crippen MR) is 82.4 cm³/mol. The van der Waals surface area contributed by atoms with Crippen LogP contribution in [0.3, 0.4) is 0 Å². The molecule has 0 bridgehead atoms. The maximum Gasteiger partial charge on any atom is 0.242 e. The molecule has 2 rings (SSSR count). The van der Waals surface area contributed by atoms with Crippen LogP contribution >= 0.6 is 0 Å². The van der Waals surface area contributed by atoms with Crippen LogP contribution in [0.4, 0.5) is 10.1 Å². The van der Waals surface area contributed by atoms with Gasteiger partial charge in [0.15, 0.2) is 0 Å². The van der Waals surface area contributed by atoms with E-state index in [9.17, 15) is 9.18 Å². The Morgan fingerprint density at radius 1 is 1.14 bits per heavy atom. The number of aryl methyl sites for hydroxylation is 1. The summed E-state index contributed by atoms with van der Waals surface area (Å²) < 4.78 is 12.9. The molecular formula is C17H19FN2O. The number of benzene rings is 2. The standard InChI is InChI=1S/C17H19FN2O/c1-17(16(19)21,12-11-13-5-3-2-4-6-13)20-15-9-7-14(18)8-10-15/h2-10,20H,11-12H2,1H3,(H2,19,21). The Labute approximate surface area is 124 Å². The molecule has 21 heavy (non-hydrogen) atoms. The van der Waals surface area contributed by atoms with Crippen LogP contribution in [-0.4, -0.2) is 11.4 Å². The number of carbonyl (C=O) groups excluding carboxylic acids is 1. The first-order valence-electron chi connectivity index (χ1n) is 6.87. The molecule has 0 aliphatic carbocycles. The van der Waals surface area contributed by atoms with Gasteiger partial charge in [0, 0.05) is 5.69 Å². The Morgan fingerprint density at radius 2 is 1.76 bits per heavy atom. The Morgan fingerprint density at radius 3 is 2.33 bits per heavy atom. The van der Waals surface area contributed by atoms with E-state index in [2.05, 4.69) is 5.32 Å². The summed E-state index contributed by atoms with van der Waals surface area (Å²) in [5.74, 6) is -0.742. The van der Waals surface area contributed by atoms with Crippen molar-refractivity contribution in [2.45, 2.75) is 25.3 Å². The molecule has 1 atom stereocenters. The van der Waals surface area contributed by atoms with Gasteiger partial charge >= 0.3 is 0 Å². The molecular weight excluding hydrogens is 267 g/mol. The maximum absolute atomic E-state index is 12.9. The van der Waals surface area contributed by atoms with Crippen molar-refractivity contribution < 1.29 is 9.18 Å². The molecule has 3 nitrogen and oxygen atoms in total. The molecule has 4 heteroatoms. The zero-order chi connectivity index (χ0) is 15.3. The predicted octanol–water partition coefficient (Wildman–Crippen LogP) is 3.11. The first kappa shape index (κ1) is 15.0. The number of amides is 1. The summed E-state index contributed by atoms with van der Waals surface area (Å²) >= 11 is 0. The van der Waals surface area contributed by atoms with Crippen LogP contribution in [0.15, 0.2) is 54.6 Å². The molecule has 0 aliphatic heterocycles. The van der Waals surface area contributed by atoms with Crippen LogP contribution in [-0.2, 0) is 11.2 Å². The SMILES string of the molecule is CC(CCc1ccccc1)(Nc1ccc(F)cc1)C(N)=O. The molecule has 0 fully saturated rings. The topological polar surface area (TPSA) is 55.1 Å². The van der Waals surface area contributed by atoms with Crippen molar-refractivity contribution in [3.8, 4) is 0 Å². The average molecular weight is 286 g/mol. The second-order valence-electron chi connectivity index (χ2n) is 5.31. The monoisotopic (exact) mass is 286 g/mol. The van der Waals surface area contributed by atoms with E-state index in [1.807, 2.05) is 30.3 Å². The van der Waals surface area contributed by atoms with E-state index in [4.69, 9.17) is 5.73 Å². The van der Waals surface area contributed by atoms with Gasteiger partial charge < -0.3 is 11.1 Å². The van der Waals surface area contributed by atoms with Crippen molar-refractivity contribution in [3.05, 3.63) is 66.0 Å². The fourth-order valence-electron chi connectivity index (χ4n) is 2.14. The van der Waals surface area contributed by atoms with Gasteiger partial charge in [0.25, 0.3) is 0 Å². The smallest absolute Gasteiger partial charge is 0.242 e. The van der Waals surface area contributed by atoms with E-state index in [1.54, 1.807) is 19.1 Å². The van der Waals surface area contributed by atoms with Crippen molar-refractivity contribution >= 4 is 11.6 Å². The van der Waals surface area contributed by atoms with Gasteiger partial charge in [-0.1, -0.05) is 30.3 Å². The van der Waals surface area contributed by atoms with Gasteiger partial charge in [-0.25, -0.2) is 4.39 Å². The third-order valence-electron chi connectivity index (χ3n) is 3.56. The number of nitrogens with one attached hydrogen (secondary N) is 1. The summed E-state index contributed by atoms with van der Waals surface area (Å²) in [4.78, 5) is 11.8. The summed E-state index contributed by atoms with van der Waals surface area (Å²) in [6, 6.07) is 15.8. The molecule has 0 spiro atoms. The van der Waals surface area contributed by atoms with Crippen molar-refractivity contribution in [2.24, 2.45) is 5.73 Å². The highest BCUT2D eigenvalue weighted by molar-refractivity contribution is 5.87. The van der Waals surface area contributed by atoms with E-state index in [1.165, 1.54) is 12.1 Å². The van der Waals surface area contributed by atoms with Gasteiger partial charge in [-0.15, -0.1) is 0 Å². The molecule has 3 N–H and O–H groups in total. The molecule has 0 radical (unpaired) electrons. The van der Waals surface area contributed by atoms with E-state index in [-0.39, 0.29) is 5.82 Å². The molecule has 1 unspecified atom stereocenters. The number of halogens is 1. The van der Waals surface area contributed by atoms with Crippen LogP contribution in [0, 0.1) is 5.82 Å². The van der Waals surface area contributed by atoms with Gasteiger partial charge in [0.2, 0.25) is 5.91 Å². The number of rotatable bonds is 6. The maximum atomic E-state index is 12.9. The van der Waals surface area contributed by atoms with Crippen molar-refractivity contribution in [3.63, 3.8) is 0 Å². The number of hydrogen-bond donors (Lipinski definition) is 2. The summed E-state index contributed by atoms with van der Waals surface area (Å²) in [6.07, 6.45) is 1.29. The summed E-state index contributed by atoms with van der Waals surface area (Å²) in [7, 11) is 0. The lowest BCUT2D eigenvalue weighted by atomic mass is 9.92. The molecule has 0 aromatic heterocycles.